The largest absolute Gasteiger partial charge is 0.385 e. The number of hydrogen-bond donors (Lipinski definition) is 0. The second-order valence-electron chi connectivity index (χ2n) is 3.72. The van der Waals surface area contributed by atoms with Crippen molar-refractivity contribution in [2.75, 3.05) is 13.7 Å². The lowest BCUT2D eigenvalue weighted by Crippen LogP contribution is -2.28. The van der Waals surface area contributed by atoms with E-state index in [0.717, 1.165) is 12.1 Å². The highest BCUT2D eigenvalue weighted by atomic mass is 28.3. The van der Waals surface area contributed by atoms with Gasteiger partial charge in [-0.15, -0.1) is 0 Å². The second kappa shape index (κ2) is 3.37. The van der Waals surface area contributed by atoms with Crippen molar-refractivity contribution in [3.8, 4) is 0 Å². The second-order valence-corrected chi connectivity index (χ2v) is 9.44. The normalized spacial score (nSPS) is 15.7. The molecular formula is C7H18OSi. The highest BCUT2D eigenvalue weighted by molar-refractivity contribution is 6.77. The molecule has 1 nitrogen and oxygen atoms in total. The third-order valence-corrected chi connectivity index (χ3v) is 5.02. The molecule has 0 bridgehead atoms. The Morgan fingerprint density at radius 3 is 1.89 bits per heavy atom. The molecule has 0 aromatic carbocycles. The van der Waals surface area contributed by atoms with Gasteiger partial charge in [-0.25, -0.2) is 0 Å². The molecule has 56 valence electrons. The molecule has 1 atom stereocenters. The van der Waals surface area contributed by atoms with Gasteiger partial charge in [0.1, 0.15) is 0 Å². The molecular weight excluding hydrogens is 128 g/mol. The van der Waals surface area contributed by atoms with Crippen LogP contribution < -0.4 is 0 Å². The van der Waals surface area contributed by atoms with Crippen LogP contribution in [0.15, 0.2) is 0 Å². The summed E-state index contributed by atoms with van der Waals surface area (Å²) in [5, 5.41) is 0. The molecule has 0 aromatic rings. The lowest BCUT2D eigenvalue weighted by atomic mass is 10.5. The molecule has 0 aliphatic heterocycles. The van der Waals surface area contributed by atoms with E-state index in [0.29, 0.717) is 0 Å². The highest BCUT2D eigenvalue weighted by Crippen LogP contribution is 2.20. The molecule has 0 rings (SSSR count). The first-order valence-corrected chi connectivity index (χ1v) is 7.05. The Bertz CT molecular complexity index is 75.5. The fourth-order valence-electron chi connectivity index (χ4n) is 0.500. The minimum absolute atomic E-state index is 0.780. The van der Waals surface area contributed by atoms with Crippen LogP contribution in [0.25, 0.3) is 0 Å². The van der Waals surface area contributed by atoms with Crippen molar-refractivity contribution in [3.63, 3.8) is 0 Å². The number of rotatable bonds is 3. The molecule has 1 unspecified atom stereocenters. The SMILES string of the molecule is COCC(C)[Si](C)(C)C. The van der Waals surface area contributed by atoms with Crippen molar-refractivity contribution in [1.82, 2.24) is 0 Å². The van der Waals surface area contributed by atoms with Gasteiger partial charge in [-0.2, -0.15) is 0 Å². The first-order valence-electron chi connectivity index (χ1n) is 3.47. The van der Waals surface area contributed by atoms with Gasteiger partial charge in [0.2, 0.25) is 0 Å². The van der Waals surface area contributed by atoms with Gasteiger partial charge >= 0.3 is 0 Å². The van der Waals surface area contributed by atoms with Gasteiger partial charge < -0.3 is 4.74 Å². The quantitative estimate of drug-likeness (QED) is 0.555. The Morgan fingerprint density at radius 2 is 1.78 bits per heavy atom. The minimum atomic E-state index is -0.907. The van der Waals surface area contributed by atoms with Gasteiger partial charge in [0.15, 0.2) is 0 Å². The number of methoxy groups -OCH3 is 1. The smallest absolute Gasteiger partial charge is 0.0496 e. The van der Waals surface area contributed by atoms with E-state index in [1.54, 1.807) is 7.11 Å². The lowest BCUT2D eigenvalue weighted by Gasteiger charge is -2.23. The van der Waals surface area contributed by atoms with E-state index in [-0.39, 0.29) is 0 Å². The summed E-state index contributed by atoms with van der Waals surface area (Å²) in [6.45, 7) is 10.3. The van der Waals surface area contributed by atoms with Crippen molar-refractivity contribution in [1.29, 1.82) is 0 Å². The van der Waals surface area contributed by atoms with Crippen LogP contribution >= 0.6 is 0 Å². The summed E-state index contributed by atoms with van der Waals surface area (Å²) in [5.41, 5.74) is 0.780. The highest BCUT2D eigenvalue weighted by Gasteiger charge is 2.21. The lowest BCUT2D eigenvalue weighted by molar-refractivity contribution is 0.197. The third-order valence-electron chi connectivity index (χ3n) is 1.90. The van der Waals surface area contributed by atoms with E-state index in [9.17, 15) is 0 Å². The van der Waals surface area contributed by atoms with Gasteiger partial charge in [-0.1, -0.05) is 26.6 Å². The molecule has 0 spiro atoms. The van der Waals surface area contributed by atoms with Crippen molar-refractivity contribution >= 4 is 8.07 Å². The van der Waals surface area contributed by atoms with Crippen molar-refractivity contribution in [2.24, 2.45) is 0 Å². The first kappa shape index (κ1) is 9.18. The van der Waals surface area contributed by atoms with Gasteiger partial charge in [0.05, 0.1) is 0 Å². The zero-order valence-electron chi connectivity index (χ0n) is 7.19. The maximum atomic E-state index is 5.06. The van der Waals surface area contributed by atoms with Gasteiger partial charge in [0, 0.05) is 21.8 Å². The Morgan fingerprint density at radius 1 is 1.33 bits per heavy atom. The van der Waals surface area contributed by atoms with Gasteiger partial charge in [-0.05, 0) is 5.54 Å². The summed E-state index contributed by atoms with van der Waals surface area (Å²) in [6.07, 6.45) is 0. The van der Waals surface area contributed by atoms with E-state index >= 15 is 0 Å². The van der Waals surface area contributed by atoms with Crippen molar-refractivity contribution in [2.45, 2.75) is 32.1 Å². The third kappa shape index (κ3) is 3.70. The van der Waals surface area contributed by atoms with Crippen molar-refractivity contribution < 1.29 is 4.74 Å². The molecule has 9 heavy (non-hydrogen) atoms. The molecule has 0 aliphatic carbocycles. The van der Waals surface area contributed by atoms with E-state index in [4.69, 9.17) is 4.74 Å². The molecule has 0 aromatic heterocycles. The Balaban J connectivity index is 3.59. The summed E-state index contributed by atoms with van der Waals surface area (Å²) in [6, 6.07) is 0. The summed E-state index contributed by atoms with van der Waals surface area (Å²) in [7, 11) is 0.868. The molecule has 0 N–H and O–H groups in total. The fourth-order valence-corrected chi connectivity index (χ4v) is 1.17. The van der Waals surface area contributed by atoms with Crippen LogP contribution in [0.5, 0.6) is 0 Å². The zero-order valence-corrected chi connectivity index (χ0v) is 8.19. The summed E-state index contributed by atoms with van der Waals surface area (Å²) >= 11 is 0. The van der Waals surface area contributed by atoms with E-state index < -0.39 is 8.07 Å². The van der Waals surface area contributed by atoms with Crippen LogP contribution in [0.3, 0.4) is 0 Å². The summed E-state index contributed by atoms with van der Waals surface area (Å²) < 4.78 is 5.06. The maximum Gasteiger partial charge on any atom is 0.0496 e. The van der Waals surface area contributed by atoms with Crippen molar-refractivity contribution in [3.05, 3.63) is 0 Å². The molecule has 0 aliphatic rings. The monoisotopic (exact) mass is 146 g/mol. The van der Waals surface area contributed by atoms with E-state index in [1.165, 1.54) is 0 Å². The molecule has 0 fully saturated rings. The van der Waals surface area contributed by atoms with Crippen LogP contribution in [0.2, 0.25) is 25.2 Å². The molecule has 0 heterocycles. The van der Waals surface area contributed by atoms with Crippen LogP contribution in [0.4, 0.5) is 0 Å². The Kier molecular flexibility index (Phi) is 3.44. The molecule has 0 radical (unpaired) electrons. The van der Waals surface area contributed by atoms with E-state index in [1.807, 2.05) is 0 Å². The summed E-state index contributed by atoms with van der Waals surface area (Å²) in [5.74, 6) is 0. The first-order chi connectivity index (χ1) is 3.98. The van der Waals surface area contributed by atoms with Crippen LogP contribution in [0.1, 0.15) is 6.92 Å². The van der Waals surface area contributed by atoms with Gasteiger partial charge in [-0.3, -0.25) is 0 Å². The number of ether oxygens (including phenoxy) is 1. The fraction of sp³-hybridized carbons (Fsp3) is 1.00. The predicted octanol–water partition coefficient (Wildman–Crippen LogP) is 2.36. The molecule has 2 heteroatoms. The van der Waals surface area contributed by atoms with Crippen LogP contribution in [-0.2, 0) is 4.74 Å². The molecule has 0 saturated heterocycles. The minimum Gasteiger partial charge on any atom is -0.385 e. The average molecular weight is 146 g/mol. The average Bonchev–Trinajstić information content (AvgIpc) is 1.64. The maximum absolute atomic E-state index is 5.06. The standard InChI is InChI=1S/C7H18OSi/c1-7(6-8-2)9(3,4)5/h7H,6H2,1-5H3. The van der Waals surface area contributed by atoms with Crippen LogP contribution in [-0.4, -0.2) is 21.8 Å². The van der Waals surface area contributed by atoms with Gasteiger partial charge in [0.25, 0.3) is 0 Å². The van der Waals surface area contributed by atoms with Crippen LogP contribution in [0, 0.1) is 0 Å². The molecule has 0 saturated carbocycles. The topological polar surface area (TPSA) is 9.23 Å². The Hall–Kier alpha value is 0.177. The van der Waals surface area contributed by atoms with E-state index in [2.05, 4.69) is 26.6 Å². The zero-order chi connectivity index (χ0) is 7.49. The predicted molar refractivity (Wildman–Crippen MR) is 44.6 cm³/mol. The number of hydrogen-bond acceptors (Lipinski definition) is 1. The Labute approximate surface area is 59.4 Å². The molecule has 0 amide bonds. The summed E-state index contributed by atoms with van der Waals surface area (Å²) in [4.78, 5) is 0.